The topological polar surface area (TPSA) is 49.9 Å². The Labute approximate surface area is 126 Å². The predicted molar refractivity (Wildman–Crippen MR) is 82.6 cm³/mol. The van der Waals surface area contributed by atoms with Gasteiger partial charge in [0.25, 0.3) is 0 Å². The maximum Gasteiger partial charge on any atom is 0.177 e. The number of sulfone groups is 1. The first kappa shape index (κ1) is 14.8. The van der Waals surface area contributed by atoms with Crippen LogP contribution in [0.2, 0.25) is 0 Å². The summed E-state index contributed by atoms with van der Waals surface area (Å²) >= 11 is 0. The van der Waals surface area contributed by atoms with E-state index < -0.39 is 9.84 Å². The second-order valence-corrected chi connectivity index (χ2v) is 7.76. The summed E-state index contributed by atoms with van der Waals surface area (Å²) in [7, 11) is -3.19. The fourth-order valence-electron chi connectivity index (χ4n) is 3.17. The van der Waals surface area contributed by atoms with Gasteiger partial charge in [-0.3, -0.25) is 4.90 Å². The van der Waals surface area contributed by atoms with Crippen LogP contribution in [0.25, 0.3) is 0 Å². The van der Waals surface area contributed by atoms with Crippen LogP contribution < -0.4 is 4.90 Å². The Morgan fingerprint density at radius 1 is 1.14 bits per heavy atom. The van der Waals surface area contributed by atoms with Gasteiger partial charge in [-0.15, -0.1) is 0 Å². The lowest BCUT2D eigenvalue weighted by molar-refractivity contribution is 0.139. The Balaban J connectivity index is 1.72. The van der Waals surface area contributed by atoms with E-state index in [2.05, 4.69) is 9.80 Å². The zero-order valence-corrected chi connectivity index (χ0v) is 13.2. The second kappa shape index (κ2) is 5.94. The molecule has 3 rings (SSSR count). The second-order valence-electron chi connectivity index (χ2n) is 5.78. The smallest absolute Gasteiger partial charge is 0.177 e. The largest absolute Gasteiger partial charge is 0.380 e. The molecule has 0 aliphatic carbocycles. The minimum absolute atomic E-state index is 0.433. The Morgan fingerprint density at radius 2 is 1.86 bits per heavy atom. The number of benzene rings is 1. The van der Waals surface area contributed by atoms with Gasteiger partial charge >= 0.3 is 0 Å². The number of anilines is 1. The number of piperazine rings is 1. The van der Waals surface area contributed by atoms with Gasteiger partial charge in [0.05, 0.1) is 17.2 Å². The van der Waals surface area contributed by atoms with Gasteiger partial charge in [0.2, 0.25) is 0 Å². The standard InChI is InChI=1S/C15H22N2O3S/c1-21(18,19)15-5-3-2-4-14(15)17-9-7-16(8-10-17)13-6-11-20-12-13/h2-5,13H,6-12H2,1H3. The highest BCUT2D eigenvalue weighted by Crippen LogP contribution is 2.26. The molecule has 21 heavy (non-hydrogen) atoms. The molecule has 0 aromatic heterocycles. The Hall–Kier alpha value is -1.11. The van der Waals surface area contributed by atoms with Gasteiger partial charge in [-0.1, -0.05) is 12.1 Å². The zero-order valence-electron chi connectivity index (χ0n) is 12.4. The van der Waals surface area contributed by atoms with E-state index in [1.54, 1.807) is 12.1 Å². The van der Waals surface area contributed by atoms with Gasteiger partial charge in [-0.25, -0.2) is 8.42 Å². The van der Waals surface area contributed by atoms with Crippen LogP contribution in [0, 0.1) is 0 Å². The van der Waals surface area contributed by atoms with Crippen LogP contribution in [0.3, 0.4) is 0 Å². The van der Waals surface area contributed by atoms with Gasteiger partial charge in [0, 0.05) is 45.1 Å². The van der Waals surface area contributed by atoms with Crippen molar-refractivity contribution in [1.29, 1.82) is 0 Å². The van der Waals surface area contributed by atoms with Gasteiger partial charge in [0.1, 0.15) is 0 Å². The van der Waals surface area contributed by atoms with Gasteiger partial charge in [-0.05, 0) is 18.6 Å². The van der Waals surface area contributed by atoms with E-state index in [-0.39, 0.29) is 0 Å². The van der Waals surface area contributed by atoms with E-state index >= 15 is 0 Å². The average Bonchev–Trinajstić information content (AvgIpc) is 3.01. The maximum atomic E-state index is 11.9. The SMILES string of the molecule is CS(=O)(=O)c1ccccc1N1CCN(C2CCOC2)CC1. The lowest BCUT2D eigenvalue weighted by Gasteiger charge is -2.39. The fourth-order valence-corrected chi connectivity index (χ4v) is 4.07. The van der Waals surface area contributed by atoms with Crippen molar-refractivity contribution in [2.75, 3.05) is 50.5 Å². The number of para-hydroxylation sites is 1. The first-order valence-corrected chi connectivity index (χ1v) is 9.31. The highest BCUT2D eigenvalue weighted by Gasteiger charge is 2.28. The number of ether oxygens (including phenoxy) is 1. The molecule has 2 fully saturated rings. The summed E-state index contributed by atoms with van der Waals surface area (Å²) in [5.74, 6) is 0. The molecule has 2 saturated heterocycles. The van der Waals surface area contributed by atoms with E-state index in [4.69, 9.17) is 4.74 Å². The van der Waals surface area contributed by atoms with Crippen molar-refractivity contribution in [2.24, 2.45) is 0 Å². The Morgan fingerprint density at radius 3 is 2.48 bits per heavy atom. The average molecular weight is 310 g/mol. The predicted octanol–water partition coefficient (Wildman–Crippen LogP) is 1.00. The molecule has 0 bridgehead atoms. The lowest BCUT2D eigenvalue weighted by atomic mass is 10.1. The quantitative estimate of drug-likeness (QED) is 0.834. The van der Waals surface area contributed by atoms with E-state index in [0.29, 0.717) is 10.9 Å². The third kappa shape index (κ3) is 3.22. The van der Waals surface area contributed by atoms with Crippen LogP contribution in [-0.2, 0) is 14.6 Å². The minimum atomic E-state index is -3.19. The molecule has 0 spiro atoms. The molecule has 1 atom stereocenters. The van der Waals surface area contributed by atoms with E-state index in [1.807, 2.05) is 12.1 Å². The first-order chi connectivity index (χ1) is 10.1. The third-order valence-corrected chi connectivity index (χ3v) is 5.49. The molecule has 116 valence electrons. The molecule has 2 aliphatic rings. The Bertz CT molecular complexity index is 589. The molecule has 6 heteroatoms. The van der Waals surface area contributed by atoms with Crippen LogP contribution >= 0.6 is 0 Å². The normalized spacial score (nSPS) is 24.4. The molecule has 2 aliphatic heterocycles. The summed E-state index contributed by atoms with van der Waals surface area (Å²) < 4.78 is 29.3. The van der Waals surface area contributed by atoms with E-state index in [0.717, 1.165) is 51.5 Å². The van der Waals surface area contributed by atoms with E-state index in [9.17, 15) is 8.42 Å². The molecule has 0 N–H and O–H groups in total. The molecular weight excluding hydrogens is 288 g/mol. The highest BCUT2D eigenvalue weighted by atomic mass is 32.2. The number of nitrogens with zero attached hydrogens (tertiary/aromatic N) is 2. The number of hydrogen-bond donors (Lipinski definition) is 0. The van der Waals surface area contributed by atoms with Crippen molar-refractivity contribution in [3.63, 3.8) is 0 Å². The van der Waals surface area contributed by atoms with Crippen LogP contribution in [0.5, 0.6) is 0 Å². The minimum Gasteiger partial charge on any atom is -0.380 e. The van der Waals surface area contributed by atoms with Crippen LogP contribution in [0.15, 0.2) is 29.2 Å². The first-order valence-electron chi connectivity index (χ1n) is 7.41. The monoisotopic (exact) mass is 310 g/mol. The number of hydrogen-bond acceptors (Lipinski definition) is 5. The molecule has 2 heterocycles. The molecule has 5 nitrogen and oxygen atoms in total. The molecule has 1 aromatic rings. The van der Waals surface area contributed by atoms with Gasteiger partial charge in [0.15, 0.2) is 9.84 Å². The third-order valence-electron chi connectivity index (χ3n) is 4.34. The van der Waals surface area contributed by atoms with Crippen LogP contribution in [-0.4, -0.2) is 65.0 Å². The molecule has 0 radical (unpaired) electrons. The summed E-state index contributed by atoms with van der Waals surface area (Å²) in [5.41, 5.74) is 0.835. The summed E-state index contributed by atoms with van der Waals surface area (Å²) in [6.07, 6.45) is 2.39. The van der Waals surface area contributed by atoms with Crippen molar-refractivity contribution in [3.8, 4) is 0 Å². The Kier molecular flexibility index (Phi) is 4.19. The van der Waals surface area contributed by atoms with Crippen molar-refractivity contribution in [2.45, 2.75) is 17.4 Å². The maximum absolute atomic E-state index is 11.9. The molecule has 1 unspecified atom stereocenters. The molecular formula is C15H22N2O3S. The fraction of sp³-hybridized carbons (Fsp3) is 0.600. The summed E-state index contributed by atoms with van der Waals surface area (Å²) in [5, 5.41) is 0. The molecule has 1 aromatic carbocycles. The molecule has 0 amide bonds. The van der Waals surface area contributed by atoms with Crippen molar-refractivity contribution >= 4 is 15.5 Å². The lowest BCUT2D eigenvalue weighted by Crippen LogP contribution is -2.50. The number of rotatable bonds is 3. The summed E-state index contributed by atoms with van der Waals surface area (Å²) in [4.78, 5) is 5.08. The van der Waals surface area contributed by atoms with Crippen molar-refractivity contribution < 1.29 is 13.2 Å². The van der Waals surface area contributed by atoms with Crippen LogP contribution in [0.4, 0.5) is 5.69 Å². The molecule has 0 saturated carbocycles. The van der Waals surface area contributed by atoms with Gasteiger partial charge < -0.3 is 9.64 Å². The summed E-state index contributed by atoms with van der Waals surface area (Å²) in [6, 6.07) is 7.83. The highest BCUT2D eigenvalue weighted by molar-refractivity contribution is 7.90. The summed E-state index contributed by atoms with van der Waals surface area (Å²) in [6.45, 7) is 5.35. The van der Waals surface area contributed by atoms with Crippen molar-refractivity contribution in [3.05, 3.63) is 24.3 Å². The van der Waals surface area contributed by atoms with Gasteiger partial charge in [-0.2, -0.15) is 0 Å². The van der Waals surface area contributed by atoms with E-state index in [1.165, 1.54) is 6.26 Å². The van der Waals surface area contributed by atoms with Crippen molar-refractivity contribution in [1.82, 2.24) is 4.90 Å². The zero-order chi connectivity index (χ0) is 14.9. The van der Waals surface area contributed by atoms with Crippen LogP contribution in [0.1, 0.15) is 6.42 Å².